The van der Waals surface area contributed by atoms with Crippen molar-refractivity contribution in [1.29, 1.82) is 0 Å². The molecule has 2 aromatic carbocycles. The molecule has 1 heterocycles. The Hall–Kier alpha value is -2.87. The molecule has 3 N–H and O–H groups in total. The second-order valence-electron chi connectivity index (χ2n) is 6.18. The molecule has 3 aromatic rings. The Morgan fingerprint density at radius 3 is 2.30 bits per heavy atom. The minimum atomic E-state index is -0.411. The molecule has 30 heavy (non-hydrogen) atoms. The van der Waals surface area contributed by atoms with Crippen molar-refractivity contribution in [3.63, 3.8) is 0 Å². The standard InChI is InChI=1S/C21H17Cl2N3O3S/c1-2-19(27)26-21(30)25-14-6-4-13(5-7-14)24-20(28)18-10-9-17(29-18)15-11-12(22)3-8-16(15)23/h3-11H,2H2,1H3,(H,24,28)(H2,25,26,27,30). The largest absolute Gasteiger partial charge is 0.451 e. The summed E-state index contributed by atoms with van der Waals surface area (Å²) in [5, 5.41) is 9.39. The van der Waals surface area contributed by atoms with Gasteiger partial charge in [0.1, 0.15) is 5.76 Å². The van der Waals surface area contributed by atoms with Gasteiger partial charge in [-0.3, -0.25) is 9.59 Å². The van der Waals surface area contributed by atoms with Gasteiger partial charge in [0.25, 0.3) is 5.91 Å². The number of halogens is 2. The van der Waals surface area contributed by atoms with E-state index in [1.54, 1.807) is 61.5 Å². The third-order valence-corrected chi connectivity index (χ3v) is 4.77. The number of amides is 2. The van der Waals surface area contributed by atoms with Crippen LogP contribution in [0.25, 0.3) is 11.3 Å². The van der Waals surface area contributed by atoms with E-state index >= 15 is 0 Å². The summed E-state index contributed by atoms with van der Waals surface area (Å²) < 4.78 is 5.64. The molecule has 0 saturated heterocycles. The lowest BCUT2D eigenvalue weighted by Crippen LogP contribution is -2.33. The van der Waals surface area contributed by atoms with Crippen molar-refractivity contribution in [3.05, 3.63) is 70.4 Å². The van der Waals surface area contributed by atoms with Crippen LogP contribution in [0, 0.1) is 0 Å². The molecule has 0 bridgehead atoms. The van der Waals surface area contributed by atoms with Crippen LogP contribution in [0.15, 0.2) is 59.0 Å². The lowest BCUT2D eigenvalue weighted by molar-refractivity contribution is -0.119. The van der Waals surface area contributed by atoms with Gasteiger partial charge in [-0.25, -0.2) is 0 Å². The number of anilines is 2. The summed E-state index contributed by atoms with van der Waals surface area (Å²) in [5.74, 6) is -0.0133. The molecule has 0 aliphatic carbocycles. The Morgan fingerprint density at radius 1 is 0.967 bits per heavy atom. The van der Waals surface area contributed by atoms with Crippen LogP contribution in [0.5, 0.6) is 0 Å². The molecule has 6 nitrogen and oxygen atoms in total. The van der Waals surface area contributed by atoms with Crippen LogP contribution in [0.2, 0.25) is 10.0 Å². The zero-order valence-electron chi connectivity index (χ0n) is 15.8. The fraction of sp³-hybridized carbons (Fsp3) is 0.0952. The van der Waals surface area contributed by atoms with Crippen molar-refractivity contribution >= 4 is 63.7 Å². The molecule has 1 aromatic heterocycles. The number of carbonyl (C=O) groups excluding carboxylic acids is 2. The predicted molar refractivity (Wildman–Crippen MR) is 123 cm³/mol. The molecule has 2 amide bonds. The minimum Gasteiger partial charge on any atom is -0.451 e. The summed E-state index contributed by atoms with van der Waals surface area (Å²) in [7, 11) is 0. The molecule has 0 atom stereocenters. The van der Waals surface area contributed by atoms with Crippen molar-refractivity contribution < 1.29 is 14.0 Å². The van der Waals surface area contributed by atoms with E-state index in [4.69, 9.17) is 39.8 Å². The van der Waals surface area contributed by atoms with E-state index in [2.05, 4.69) is 16.0 Å². The Balaban J connectivity index is 1.64. The van der Waals surface area contributed by atoms with Crippen LogP contribution in [-0.4, -0.2) is 16.9 Å². The second-order valence-corrected chi connectivity index (χ2v) is 7.43. The van der Waals surface area contributed by atoms with Crippen molar-refractivity contribution in [1.82, 2.24) is 5.32 Å². The molecule has 0 aliphatic rings. The summed E-state index contributed by atoms with van der Waals surface area (Å²) >= 11 is 17.2. The van der Waals surface area contributed by atoms with Crippen LogP contribution in [-0.2, 0) is 4.79 Å². The zero-order chi connectivity index (χ0) is 21.7. The number of furan rings is 1. The molecule has 154 valence electrons. The average molecular weight is 462 g/mol. The quantitative estimate of drug-likeness (QED) is 0.422. The van der Waals surface area contributed by atoms with Gasteiger partial charge in [0.15, 0.2) is 10.9 Å². The molecule has 0 radical (unpaired) electrons. The second kappa shape index (κ2) is 9.75. The Morgan fingerprint density at radius 2 is 1.63 bits per heavy atom. The Labute approximate surface area is 188 Å². The Kier molecular flexibility index (Phi) is 7.10. The van der Waals surface area contributed by atoms with Gasteiger partial charge < -0.3 is 20.4 Å². The molecule has 0 aliphatic heterocycles. The highest BCUT2D eigenvalue weighted by atomic mass is 35.5. The predicted octanol–water partition coefficient (Wildman–Crippen LogP) is 5.73. The average Bonchev–Trinajstić information content (AvgIpc) is 3.21. The van der Waals surface area contributed by atoms with Gasteiger partial charge in [-0.1, -0.05) is 30.1 Å². The number of nitrogens with one attached hydrogen (secondary N) is 3. The van der Waals surface area contributed by atoms with Gasteiger partial charge in [-0.2, -0.15) is 0 Å². The number of carbonyl (C=O) groups is 2. The smallest absolute Gasteiger partial charge is 0.291 e. The van der Waals surface area contributed by atoms with Crippen molar-refractivity contribution in [2.45, 2.75) is 13.3 Å². The summed E-state index contributed by atoms with van der Waals surface area (Å²) in [6.07, 6.45) is 0.338. The summed E-state index contributed by atoms with van der Waals surface area (Å²) in [4.78, 5) is 23.8. The molecule has 0 saturated carbocycles. The number of thiocarbonyl (C=S) groups is 1. The Bertz CT molecular complexity index is 1100. The summed E-state index contributed by atoms with van der Waals surface area (Å²) in [6, 6.07) is 15.1. The van der Waals surface area contributed by atoms with Crippen LogP contribution in [0.4, 0.5) is 11.4 Å². The fourth-order valence-electron chi connectivity index (χ4n) is 2.50. The summed E-state index contributed by atoms with van der Waals surface area (Å²) in [6.45, 7) is 1.74. The molecular formula is C21H17Cl2N3O3S. The highest BCUT2D eigenvalue weighted by Crippen LogP contribution is 2.32. The van der Waals surface area contributed by atoms with Crippen molar-refractivity contribution in [2.24, 2.45) is 0 Å². The summed E-state index contributed by atoms with van der Waals surface area (Å²) in [5.41, 5.74) is 1.84. The number of hydrogen-bond donors (Lipinski definition) is 3. The van der Waals surface area contributed by atoms with E-state index in [0.717, 1.165) is 0 Å². The van der Waals surface area contributed by atoms with Crippen LogP contribution in [0.3, 0.4) is 0 Å². The first-order valence-electron chi connectivity index (χ1n) is 8.93. The lowest BCUT2D eigenvalue weighted by Gasteiger charge is -2.10. The third-order valence-electron chi connectivity index (χ3n) is 4.00. The van der Waals surface area contributed by atoms with E-state index in [9.17, 15) is 9.59 Å². The first-order chi connectivity index (χ1) is 14.4. The van der Waals surface area contributed by atoms with Gasteiger partial charge in [-0.05, 0) is 66.8 Å². The van der Waals surface area contributed by atoms with E-state index < -0.39 is 5.91 Å². The minimum absolute atomic E-state index is 0.131. The van der Waals surface area contributed by atoms with Crippen molar-refractivity contribution in [2.75, 3.05) is 10.6 Å². The van der Waals surface area contributed by atoms with Gasteiger partial charge in [0.2, 0.25) is 5.91 Å². The monoisotopic (exact) mass is 461 g/mol. The number of benzene rings is 2. The van der Waals surface area contributed by atoms with E-state index in [-0.39, 0.29) is 16.8 Å². The number of rotatable bonds is 5. The van der Waals surface area contributed by atoms with Crippen LogP contribution < -0.4 is 16.0 Å². The van der Waals surface area contributed by atoms with Crippen molar-refractivity contribution in [3.8, 4) is 11.3 Å². The highest BCUT2D eigenvalue weighted by molar-refractivity contribution is 7.80. The molecule has 0 unspecified atom stereocenters. The molecule has 3 rings (SSSR count). The zero-order valence-corrected chi connectivity index (χ0v) is 18.1. The maximum atomic E-state index is 12.5. The van der Waals surface area contributed by atoms with Gasteiger partial charge >= 0.3 is 0 Å². The van der Waals surface area contributed by atoms with Gasteiger partial charge in [0.05, 0.1) is 5.02 Å². The highest BCUT2D eigenvalue weighted by Gasteiger charge is 2.15. The van der Waals surface area contributed by atoms with Crippen LogP contribution >= 0.6 is 35.4 Å². The van der Waals surface area contributed by atoms with E-state index in [0.29, 0.717) is 39.2 Å². The molecular weight excluding hydrogens is 445 g/mol. The molecule has 0 fully saturated rings. The van der Waals surface area contributed by atoms with Crippen LogP contribution in [0.1, 0.15) is 23.9 Å². The maximum absolute atomic E-state index is 12.5. The normalized spacial score (nSPS) is 10.4. The number of hydrogen-bond acceptors (Lipinski definition) is 4. The molecule has 0 spiro atoms. The first-order valence-corrected chi connectivity index (χ1v) is 10.1. The SMILES string of the molecule is CCC(=O)NC(=S)Nc1ccc(NC(=O)c2ccc(-c3cc(Cl)ccc3Cl)o2)cc1. The molecule has 9 heteroatoms. The van der Waals surface area contributed by atoms with Gasteiger partial charge in [-0.15, -0.1) is 0 Å². The fourth-order valence-corrected chi connectivity index (χ4v) is 3.11. The first kappa shape index (κ1) is 21.8. The van der Waals surface area contributed by atoms with E-state index in [1.807, 2.05) is 0 Å². The third kappa shape index (κ3) is 5.60. The van der Waals surface area contributed by atoms with E-state index in [1.165, 1.54) is 0 Å². The maximum Gasteiger partial charge on any atom is 0.291 e. The topological polar surface area (TPSA) is 83.4 Å². The van der Waals surface area contributed by atoms with Gasteiger partial charge in [0, 0.05) is 28.4 Å². The lowest BCUT2D eigenvalue weighted by atomic mass is 10.2.